The molecule has 0 radical (unpaired) electrons. The van der Waals surface area contributed by atoms with Gasteiger partial charge < -0.3 is 11.1 Å². The Morgan fingerprint density at radius 2 is 2.00 bits per heavy atom. The minimum absolute atomic E-state index is 0.120. The number of carbonyl (C=O) groups excluding carboxylic acids is 1. The van der Waals surface area contributed by atoms with Gasteiger partial charge in [0, 0.05) is 24.2 Å². The second kappa shape index (κ2) is 7.55. The summed E-state index contributed by atoms with van der Waals surface area (Å²) in [5.41, 5.74) is 6.79. The summed E-state index contributed by atoms with van der Waals surface area (Å²) in [6.07, 6.45) is 2.67. The van der Waals surface area contributed by atoms with E-state index >= 15 is 0 Å². The quantitative estimate of drug-likeness (QED) is 0.487. The first-order valence-electron chi connectivity index (χ1n) is 6.44. The molecule has 0 spiro atoms. The Kier molecular flexibility index (Phi) is 5.43. The monoisotopic (exact) mass is 287 g/mol. The number of rotatable bonds is 6. The molecule has 4 nitrogen and oxygen atoms in total. The molecule has 5 heteroatoms. The maximum absolute atomic E-state index is 11.9. The number of nitrogens with two attached hydrogens (primary N) is 1. The number of nitrogen functional groups attached to an aromatic ring is 1. The highest BCUT2D eigenvalue weighted by Gasteiger charge is 2.07. The average Bonchev–Trinajstić information content (AvgIpc) is 2.48. The zero-order chi connectivity index (χ0) is 14.2. The van der Waals surface area contributed by atoms with Crippen LogP contribution in [-0.4, -0.2) is 23.2 Å². The molecule has 0 bridgehead atoms. The van der Waals surface area contributed by atoms with Gasteiger partial charge in [0.1, 0.15) is 0 Å². The van der Waals surface area contributed by atoms with Crippen LogP contribution in [0.4, 0.5) is 5.69 Å². The van der Waals surface area contributed by atoms with Crippen molar-refractivity contribution in [1.29, 1.82) is 0 Å². The number of nitrogens with zero attached hydrogens (tertiary/aromatic N) is 1. The van der Waals surface area contributed by atoms with Crippen molar-refractivity contribution < 1.29 is 4.79 Å². The molecule has 20 heavy (non-hydrogen) atoms. The molecule has 2 rings (SSSR count). The minimum atomic E-state index is -0.120. The van der Waals surface area contributed by atoms with Crippen molar-refractivity contribution in [3.8, 4) is 0 Å². The van der Waals surface area contributed by atoms with Crippen molar-refractivity contribution in [3.05, 3.63) is 54.2 Å². The Labute approximate surface area is 122 Å². The van der Waals surface area contributed by atoms with E-state index in [9.17, 15) is 4.79 Å². The number of nitrogens with one attached hydrogen (secondary N) is 1. The number of para-hydroxylation sites is 1. The minimum Gasteiger partial charge on any atom is -0.398 e. The van der Waals surface area contributed by atoms with Crippen LogP contribution in [0.15, 0.2) is 53.7 Å². The first kappa shape index (κ1) is 14.4. The van der Waals surface area contributed by atoms with Gasteiger partial charge in [-0.05, 0) is 30.7 Å². The number of hydrogen-bond acceptors (Lipinski definition) is 4. The summed E-state index contributed by atoms with van der Waals surface area (Å²) >= 11 is 1.68. The lowest BCUT2D eigenvalue weighted by Crippen LogP contribution is -2.25. The van der Waals surface area contributed by atoms with Crippen molar-refractivity contribution in [2.24, 2.45) is 0 Å². The first-order valence-corrected chi connectivity index (χ1v) is 7.42. The van der Waals surface area contributed by atoms with Gasteiger partial charge in [-0.2, -0.15) is 0 Å². The summed E-state index contributed by atoms with van der Waals surface area (Å²) in [6.45, 7) is 0.632. The Hall–Kier alpha value is -2.01. The molecule has 0 atom stereocenters. The van der Waals surface area contributed by atoms with Crippen LogP contribution in [0.3, 0.4) is 0 Å². The van der Waals surface area contributed by atoms with Gasteiger partial charge in [-0.1, -0.05) is 18.2 Å². The van der Waals surface area contributed by atoms with Gasteiger partial charge >= 0.3 is 0 Å². The number of thioether (sulfide) groups is 1. The van der Waals surface area contributed by atoms with Crippen molar-refractivity contribution in [2.45, 2.75) is 11.4 Å². The lowest BCUT2D eigenvalue weighted by atomic mass is 10.1. The lowest BCUT2D eigenvalue weighted by Gasteiger charge is -2.07. The Balaban J connectivity index is 1.69. The molecule has 2 aromatic rings. The standard InChI is InChI=1S/C15H17N3OS/c16-13-7-2-1-6-12(13)15(19)18-10-5-11-20-14-8-3-4-9-17-14/h1-4,6-9H,5,10-11,16H2,(H,18,19). The van der Waals surface area contributed by atoms with E-state index in [4.69, 9.17) is 5.73 Å². The van der Waals surface area contributed by atoms with E-state index in [0.29, 0.717) is 17.8 Å². The van der Waals surface area contributed by atoms with Crippen LogP contribution < -0.4 is 11.1 Å². The molecule has 1 aromatic heterocycles. The summed E-state index contributed by atoms with van der Waals surface area (Å²) in [6, 6.07) is 12.9. The largest absolute Gasteiger partial charge is 0.398 e. The molecule has 1 heterocycles. The van der Waals surface area contributed by atoms with Crippen LogP contribution in [0, 0.1) is 0 Å². The molecule has 0 fully saturated rings. The van der Waals surface area contributed by atoms with Crippen LogP contribution >= 0.6 is 11.8 Å². The number of aromatic nitrogens is 1. The highest BCUT2D eigenvalue weighted by Crippen LogP contribution is 2.14. The Morgan fingerprint density at radius 1 is 1.20 bits per heavy atom. The molecule has 1 amide bonds. The van der Waals surface area contributed by atoms with Gasteiger partial charge in [0.2, 0.25) is 0 Å². The van der Waals surface area contributed by atoms with Crippen LogP contribution in [0.5, 0.6) is 0 Å². The smallest absolute Gasteiger partial charge is 0.253 e. The third-order valence-electron chi connectivity index (χ3n) is 2.70. The van der Waals surface area contributed by atoms with E-state index in [2.05, 4.69) is 10.3 Å². The Bertz CT molecular complexity index is 560. The second-order valence-electron chi connectivity index (χ2n) is 4.21. The van der Waals surface area contributed by atoms with Gasteiger partial charge in [0.05, 0.1) is 10.6 Å². The number of benzene rings is 1. The molecular weight excluding hydrogens is 270 g/mol. The fourth-order valence-electron chi connectivity index (χ4n) is 1.68. The fraction of sp³-hybridized carbons (Fsp3) is 0.200. The van der Waals surface area contributed by atoms with E-state index < -0.39 is 0 Å². The molecule has 1 aromatic carbocycles. The summed E-state index contributed by atoms with van der Waals surface area (Å²) in [5, 5.41) is 3.88. The van der Waals surface area contributed by atoms with Crippen molar-refractivity contribution in [1.82, 2.24) is 10.3 Å². The van der Waals surface area contributed by atoms with Crippen LogP contribution in [0.2, 0.25) is 0 Å². The van der Waals surface area contributed by atoms with E-state index in [1.165, 1.54) is 0 Å². The summed E-state index contributed by atoms with van der Waals surface area (Å²) < 4.78 is 0. The predicted molar refractivity (Wildman–Crippen MR) is 82.8 cm³/mol. The SMILES string of the molecule is Nc1ccccc1C(=O)NCCCSc1ccccn1. The summed E-state index contributed by atoms with van der Waals surface area (Å²) in [4.78, 5) is 16.1. The lowest BCUT2D eigenvalue weighted by molar-refractivity contribution is 0.0954. The van der Waals surface area contributed by atoms with Gasteiger partial charge in [-0.3, -0.25) is 4.79 Å². The molecule has 0 unspecified atom stereocenters. The molecule has 0 saturated carbocycles. The molecule has 0 aliphatic heterocycles. The van der Waals surface area contributed by atoms with E-state index in [0.717, 1.165) is 17.2 Å². The summed E-state index contributed by atoms with van der Waals surface area (Å²) in [7, 11) is 0. The van der Waals surface area contributed by atoms with Gasteiger partial charge in [-0.25, -0.2) is 4.98 Å². The van der Waals surface area contributed by atoms with Crippen molar-refractivity contribution >= 4 is 23.4 Å². The Morgan fingerprint density at radius 3 is 2.75 bits per heavy atom. The topological polar surface area (TPSA) is 68.0 Å². The third-order valence-corrected chi connectivity index (χ3v) is 3.73. The highest BCUT2D eigenvalue weighted by molar-refractivity contribution is 7.99. The molecule has 3 N–H and O–H groups in total. The maximum Gasteiger partial charge on any atom is 0.253 e. The van der Waals surface area contributed by atoms with Gasteiger partial charge in [0.15, 0.2) is 0 Å². The zero-order valence-electron chi connectivity index (χ0n) is 11.1. The van der Waals surface area contributed by atoms with E-state index in [1.807, 2.05) is 30.3 Å². The van der Waals surface area contributed by atoms with Crippen LogP contribution in [0.25, 0.3) is 0 Å². The first-order chi connectivity index (χ1) is 9.77. The number of carbonyl (C=O) groups is 1. The zero-order valence-corrected chi connectivity index (χ0v) is 11.9. The van der Waals surface area contributed by atoms with Crippen molar-refractivity contribution in [2.75, 3.05) is 18.0 Å². The molecule has 104 valence electrons. The van der Waals surface area contributed by atoms with Crippen molar-refractivity contribution in [3.63, 3.8) is 0 Å². The third kappa shape index (κ3) is 4.28. The normalized spacial score (nSPS) is 10.2. The van der Waals surface area contributed by atoms with Gasteiger partial charge in [-0.15, -0.1) is 11.8 Å². The number of anilines is 1. The van der Waals surface area contributed by atoms with E-state index in [-0.39, 0.29) is 5.91 Å². The average molecular weight is 287 g/mol. The van der Waals surface area contributed by atoms with E-state index in [1.54, 1.807) is 30.1 Å². The maximum atomic E-state index is 11.9. The number of pyridine rings is 1. The second-order valence-corrected chi connectivity index (χ2v) is 5.33. The van der Waals surface area contributed by atoms with Crippen LogP contribution in [-0.2, 0) is 0 Å². The number of amides is 1. The van der Waals surface area contributed by atoms with Crippen LogP contribution in [0.1, 0.15) is 16.8 Å². The molecule has 0 aliphatic rings. The highest BCUT2D eigenvalue weighted by atomic mass is 32.2. The van der Waals surface area contributed by atoms with Gasteiger partial charge in [0.25, 0.3) is 5.91 Å². The molecular formula is C15H17N3OS. The summed E-state index contributed by atoms with van der Waals surface area (Å²) in [5.74, 6) is 0.799. The predicted octanol–water partition coefficient (Wildman–Crippen LogP) is 2.58. The fourth-order valence-corrected chi connectivity index (χ4v) is 2.49. The molecule has 0 saturated heterocycles. The number of hydrogen-bond donors (Lipinski definition) is 2. The molecule has 0 aliphatic carbocycles.